The maximum Gasteiger partial charge on any atom is 0.123 e. The summed E-state index contributed by atoms with van der Waals surface area (Å²) in [5, 5.41) is 8.29. The van der Waals surface area contributed by atoms with Crippen molar-refractivity contribution in [3.8, 4) is 22.5 Å². The molecule has 2 N–H and O–H groups in total. The molecule has 0 bridgehead atoms. The average Bonchev–Trinajstić information content (AvgIpc) is 2.48. The highest BCUT2D eigenvalue weighted by Crippen LogP contribution is 2.21. The maximum atomic E-state index is 12.9. The third-order valence-corrected chi connectivity index (χ3v) is 2.86. The molecule has 2 aromatic heterocycles. The summed E-state index contributed by atoms with van der Waals surface area (Å²) in [4.78, 5) is 4.02. The van der Waals surface area contributed by atoms with Crippen LogP contribution in [0.2, 0.25) is 0 Å². The Kier molecular flexibility index (Phi) is 3.09. The quantitative estimate of drug-likeness (QED) is 0.774. The van der Waals surface area contributed by atoms with Crippen LogP contribution in [0.3, 0.4) is 0 Å². The number of halogens is 1. The number of hydrogen-bond donors (Lipinski definition) is 1. The smallest absolute Gasteiger partial charge is 0.123 e. The van der Waals surface area contributed by atoms with Gasteiger partial charge in [0.05, 0.1) is 17.1 Å². The van der Waals surface area contributed by atoms with Gasteiger partial charge in [-0.2, -0.15) is 0 Å². The van der Waals surface area contributed by atoms with E-state index < -0.39 is 0 Å². The normalized spacial score (nSPS) is 10.4. The van der Waals surface area contributed by atoms with Gasteiger partial charge in [-0.1, -0.05) is 0 Å². The number of benzene rings is 1. The van der Waals surface area contributed by atoms with E-state index in [9.17, 15) is 4.39 Å². The Balaban J connectivity index is 1.93. The molecule has 0 spiro atoms. The minimum Gasteiger partial charge on any atom is -0.397 e. The molecule has 1 aromatic carbocycles. The standard InChI is InChI=1S/C15H11FN4/c16-12-3-1-10(2-4-12)14-5-6-15(20-19-14)11-7-13(17)9-18-8-11/h1-9H,17H2. The van der Waals surface area contributed by atoms with Gasteiger partial charge in [0, 0.05) is 23.5 Å². The third-order valence-electron chi connectivity index (χ3n) is 2.86. The first-order valence-electron chi connectivity index (χ1n) is 6.03. The first-order chi connectivity index (χ1) is 9.72. The van der Waals surface area contributed by atoms with Gasteiger partial charge in [0.2, 0.25) is 0 Å². The van der Waals surface area contributed by atoms with Crippen molar-refractivity contribution < 1.29 is 4.39 Å². The first-order valence-corrected chi connectivity index (χ1v) is 6.03. The fraction of sp³-hybridized carbons (Fsp3) is 0. The van der Waals surface area contributed by atoms with Gasteiger partial charge in [0.25, 0.3) is 0 Å². The SMILES string of the molecule is Nc1cncc(-c2ccc(-c3ccc(F)cc3)nn2)c1. The van der Waals surface area contributed by atoms with E-state index in [2.05, 4.69) is 15.2 Å². The topological polar surface area (TPSA) is 64.7 Å². The summed E-state index contributed by atoms with van der Waals surface area (Å²) in [6.07, 6.45) is 3.25. The fourth-order valence-corrected chi connectivity index (χ4v) is 1.86. The first kappa shape index (κ1) is 12.2. The Hall–Kier alpha value is -2.82. The second-order valence-corrected chi connectivity index (χ2v) is 4.32. The van der Waals surface area contributed by atoms with Crippen LogP contribution in [0.25, 0.3) is 22.5 Å². The lowest BCUT2D eigenvalue weighted by atomic mass is 10.1. The minimum absolute atomic E-state index is 0.274. The van der Waals surface area contributed by atoms with Crippen LogP contribution in [-0.2, 0) is 0 Å². The molecule has 0 aliphatic heterocycles. The van der Waals surface area contributed by atoms with E-state index >= 15 is 0 Å². The maximum absolute atomic E-state index is 12.9. The molecule has 0 saturated carbocycles. The van der Waals surface area contributed by atoms with E-state index in [4.69, 9.17) is 5.73 Å². The molecule has 0 unspecified atom stereocenters. The largest absolute Gasteiger partial charge is 0.397 e. The lowest BCUT2D eigenvalue weighted by Gasteiger charge is -2.03. The average molecular weight is 266 g/mol. The highest BCUT2D eigenvalue weighted by atomic mass is 19.1. The van der Waals surface area contributed by atoms with Crippen molar-refractivity contribution in [1.82, 2.24) is 15.2 Å². The van der Waals surface area contributed by atoms with E-state index in [-0.39, 0.29) is 5.82 Å². The van der Waals surface area contributed by atoms with Crippen LogP contribution in [-0.4, -0.2) is 15.2 Å². The summed E-state index contributed by atoms with van der Waals surface area (Å²) in [6, 6.07) is 11.6. The molecule has 98 valence electrons. The van der Waals surface area contributed by atoms with Gasteiger partial charge in [-0.25, -0.2) is 4.39 Å². The van der Waals surface area contributed by atoms with Crippen molar-refractivity contribution in [2.45, 2.75) is 0 Å². The number of hydrogen-bond acceptors (Lipinski definition) is 4. The zero-order chi connectivity index (χ0) is 13.9. The van der Waals surface area contributed by atoms with Crippen LogP contribution in [0.1, 0.15) is 0 Å². The van der Waals surface area contributed by atoms with Crippen molar-refractivity contribution in [3.63, 3.8) is 0 Å². The highest BCUT2D eigenvalue weighted by Gasteiger charge is 2.04. The summed E-state index contributed by atoms with van der Waals surface area (Å²) in [6.45, 7) is 0. The van der Waals surface area contributed by atoms with Gasteiger partial charge in [-0.3, -0.25) is 4.98 Å². The molecule has 0 fully saturated rings. The summed E-state index contributed by atoms with van der Waals surface area (Å²) in [7, 11) is 0. The molecular weight excluding hydrogens is 255 g/mol. The zero-order valence-corrected chi connectivity index (χ0v) is 10.5. The molecule has 3 aromatic rings. The third kappa shape index (κ3) is 2.47. The Labute approximate surface area is 115 Å². The molecule has 0 amide bonds. The number of rotatable bonds is 2. The lowest BCUT2D eigenvalue weighted by molar-refractivity contribution is 0.628. The Morgan fingerprint density at radius 3 is 2.05 bits per heavy atom. The van der Waals surface area contributed by atoms with E-state index in [1.54, 1.807) is 30.6 Å². The Bertz CT molecular complexity index is 724. The lowest BCUT2D eigenvalue weighted by Crippen LogP contribution is -1.93. The monoisotopic (exact) mass is 266 g/mol. The van der Waals surface area contributed by atoms with Crippen molar-refractivity contribution in [3.05, 3.63) is 60.7 Å². The van der Waals surface area contributed by atoms with Gasteiger partial charge in [-0.15, -0.1) is 10.2 Å². The van der Waals surface area contributed by atoms with Gasteiger partial charge in [-0.05, 0) is 42.5 Å². The van der Waals surface area contributed by atoms with E-state index in [1.165, 1.54) is 12.1 Å². The van der Waals surface area contributed by atoms with E-state index in [1.807, 2.05) is 12.1 Å². The predicted molar refractivity (Wildman–Crippen MR) is 75.1 cm³/mol. The second kappa shape index (κ2) is 5.05. The second-order valence-electron chi connectivity index (χ2n) is 4.32. The van der Waals surface area contributed by atoms with Crippen LogP contribution in [0.4, 0.5) is 10.1 Å². The number of pyridine rings is 1. The molecule has 20 heavy (non-hydrogen) atoms. The Morgan fingerprint density at radius 2 is 1.45 bits per heavy atom. The summed E-state index contributed by atoms with van der Waals surface area (Å²) in [5.41, 5.74) is 9.26. The summed E-state index contributed by atoms with van der Waals surface area (Å²) < 4.78 is 12.9. The van der Waals surface area contributed by atoms with Crippen molar-refractivity contribution in [1.29, 1.82) is 0 Å². The number of nitrogens with two attached hydrogens (primary N) is 1. The molecule has 0 aliphatic carbocycles. The summed E-state index contributed by atoms with van der Waals surface area (Å²) in [5.74, 6) is -0.274. The van der Waals surface area contributed by atoms with Gasteiger partial charge < -0.3 is 5.73 Å². The van der Waals surface area contributed by atoms with Crippen LogP contribution < -0.4 is 5.73 Å². The van der Waals surface area contributed by atoms with Gasteiger partial charge in [0.1, 0.15) is 5.82 Å². The molecule has 4 nitrogen and oxygen atoms in total. The number of nitrogen functional groups attached to an aromatic ring is 1. The highest BCUT2D eigenvalue weighted by molar-refractivity contribution is 5.65. The summed E-state index contributed by atoms with van der Waals surface area (Å²) >= 11 is 0. The van der Waals surface area contributed by atoms with Crippen LogP contribution in [0.15, 0.2) is 54.9 Å². The number of aromatic nitrogens is 3. The number of anilines is 1. The molecule has 3 rings (SSSR count). The zero-order valence-electron chi connectivity index (χ0n) is 10.5. The molecule has 5 heteroatoms. The van der Waals surface area contributed by atoms with Gasteiger partial charge in [0.15, 0.2) is 0 Å². The molecule has 0 saturated heterocycles. The Morgan fingerprint density at radius 1 is 0.800 bits per heavy atom. The predicted octanol–water partition coefficient (Wildman–Crippen LogP) is 2.93. The number of nitrogens with zero attached hydrogens (tertiary/aromatic N) is 3. The van der Waals surface area contributed by atoms with Crippen LogP contribution >= 0.6 is 0 Å². The molecule has 2 heterocycles. The van der Waals surface area contributed by atoms with Crippen molar-refractivity contribution in [2.75, 3.05) is 5.73 Å². The van der Waals surface area contributed by atoms with Crippen molar-refractivity contribution in [2.24, 2.45) is 0 Å². The van der Waals surface area contributed by atoms with Crippen molar-refractivity contribution >= 4 is 5.69 Å². The van der Waals surface area contributed by atoms with E-state index in [0.29, 0.717) is 17.1 Å². The molecule has 0 atom stereocenters. The minimum atomic E-state index is -0.274. The fourth-order valence-electron chi connectivity index (χ4n) is 1.86. The molecule has 0 aliphatic rings. The molecule has 0 radical (unpaired) electrons. The molecular formula is C15H11FN4. The van der Waals surface area contributed by atoms with E-state index in [0.717, 1.165) is 11.1 Å². The van der Waals surface area contributed by atoms with Crippen LogP contribution in [0.5, 0.6) is 0 Å². The van der Waals surface area contributed by atoms with Crippen LogP contribution in [0, 0.1) is 5.82 Å². The van der Waals surface area contributed by atoms with Gasteiger partial charge >= 0.3 is 0 Å².